The summed E-state index contributed by atoms with van der Waals surface area (Å²) in [7, 11) is 1.60. The van der Waals surface area contributed by atoms with Crippen LogP contribution in [0, 0.1) is 0 Å². The van der Waals surface area contributed by atoms with Crippen LogP contribution in [0.15, 0.2) is 17.8 Å². The molecule has 90 valence electrons. The molecule has 0 atom stereocenters. The van der Waals surface area contributed by atoms with Gasteiger partial charge in [-0.05, 0) is 18.4 Å². The normalized spacial score (nSPS) is 10.3. The van der Waals surface area contributed by atoms with Crippen LogP contribution in [0.4, 0.5) is 5.82 Å². The Morgan fingerprint density at radius 3 is 2.88 bits per heavy atom. The van der Waals surface area contributed by atoms with Crippen LogP contribution in [0.25, 0.3) is 10.6 Å². The summed E-state index contributed by atoms with van der Waals surface area (Å²) in [5, 5.41) is 5.73. The van der Waals surface area contributed by atoms with Gasteiger partial charge in [-0.2, -0.15) is 0 Å². The van der Waals surface area contributed by atoms with Crippen molar-refractivity contribution in [1.82, 2.24) is 9.97 Å². The summed E-state index contributed by atoms with van der Waals surface area (Å²) in [6, 6.07) is 1.84. The zero-order chi connectivity index (χ0) is 12.3. The molecule has 2 aromatic rings. The first kappa shape index (κ1) is 12.1. The van der Waals surface area contributed by atoms with Crippen molar-refractivity contribution in [3.05, 3.63) is 22.8 Å². The Morgan fingerprint density at radius 2 is 2.29 bits per heavy atom. The Morgan fingerprint density at radius 1 is 1.47 bits per heavy atom. The zero-order valence-electron chi connectivity index (χ0n) is 9.53. The molecule has 2 aromatic heterocycles. The highest BCUT2D eigenvalue weighted by Crippen LogP contribution is 2.39. The third-order valence-corrected chi connectivity index (χ3v) is 3.53. The molecule has 0 aliphatic carbocycles. The van der Waals surface area contributed by atoms with Crippen molar-refractivity contribution in [1.29, 1.82) is 0 Å². The second-order valence-electron chi connectivity index (χ2n) is 3.23. The fraction of sp³-hybridized carbons (Fsp3) is 0.273. The van der Waals surface area contributed by atoms with E-state index < -0.39 is 0 Å². The minimum absolute atomic E-state index is 0.624. The van der Waals surface area contributed by atoms with Gasteiger partial charge in [-0.3, -0.25) is 0 Å². The van der Waals surface area contributed by atoms with Crippen LogP contribution < -0.4 is 10.1 Å². The fourth-order valence-electron chi connectivity index (χ4n) is 1.48. The number of aromatic nitrogens is 2. The fourth-order valence-corrected chi connectivity index (χ4v) is 2.62. The monoisotopic (exact) mass is 269 g/mol. The Labute approximate surface area is 109 Å². The predicted molar refractivity (Wildman–Crippen MR) is 71.1 cm³/mol. The van der Waals surface area contributed by atoms with Crippen LogP contribution in [-0.2, 0) is 0 Å². The number of nitrogens with one attached hydrogen (secondary N) is 1. The molecule has 0 aromatic carbocycles. The van der Waals surface area contributed by atoms with Crippen molar-refractivity contribution >= 4 is 28.8 Å². The second kappa shape index (κ2) is 5.33. The molecule has 0 aliphatic heterocycles. The quantitative estimate of drug-likeness (QED) is 0.925. The number of methoxy groups -OCH3 is 1. The third-order valence-electron chi connectivity index (χ3n) is 2.18. The van der Waals surface area contributed by atoms with Gasteiger partial charge in [-0.15, -0.1) is 11.3 Å². The molecule has 0 fully saturated rings. The molecule has 0 amide bonds. The topological polar surface area (TPSA) is 47.0 Å². The van der Waals surface area contributed by atoms with Crippen molar-refractivity contribution < 1.29 is 4.74 Å². The van der Waals surface area contributed by atoms with Crippen LogP contribution in [0.3, 0.4) is 0 Å². The molecular weight excluding hydrogens is 258 g/mol. The molecule has 6 heteroatoms. The highest BCUT2D eigenvalue weighted by molar-refractivity contribution is 7.14. The molecule has 0 saturated carbocycles. The van der Waals surface area contributed by atoms with Crippen LogP contribution >= 0.6 is 22.9 Å². The number of rotatable bonds is 4. The van der Waals surface area contributed by atoms with Crippen LogP contribution in [0.2, 0.25) is 5.02 Å². The summed E-state index contributed by atoms with van der Waals surface area (Å²) in [6.07, 6.45) is 1.51. The molecule has 0 aliphatic rings. The molecule has 1 N–H and O–H groups in total. The maximum absolute atomic E-state index is 6.11. The first-order valence-electron chi connectivity index (χ1n) is 5.14. The first-order chi connectivity index (χ1) is 8.27. The lowest BCUT2D eigenvalue weighted by Crippen LogP contribution is -2.03. The summed E-state index contributed by atoms with van der Waals surface area (Å²) in [5.74, 6) is 1.31. The Hall–Kier alpha value is -1.33. The van der Waals surface area contributed by atoms with E-state index >= 15 is 0 Å². The van der Waals surface area contributed by atoms with Gasteiger partial charge in [0.25, 0.3) is 0 Å². The molecule has 0 bridgehead atoms. The van der Waals surface area contributed by atoms with Crippen molar-refractivity contribution in [3.8, 4) is 16.3 Å². The minimum Gasteiger partial charge on any atom is -0.491 e. The van der Waals surface area contributed by atoms with E-state index in [0.29, 0.717) is 16.6 Å². The molecule has 0 spiro atoms. The Bertz CT molecular complexity index is 515. The average Bonchev–Trinajstić information content (AvgIpc) is 2.75. The Balaban J connectivity index is 2.54. The van der Waals surface area contributed by atoms with Gasteiger partial charge < -0.3 is 10.1 Å². The van der Waals surface area contributed by atoms with Gasteiger partial charge in [0.05, 0.1) is 17.0 Å². The lowest BCUT2D eigenvalue weighted by Gasteiger charge is -2.11. The first-order valence-corrected chi connectivity index (χ1v) is 6.40. The number of thiophene rings is 1. The van der Waals surface area contributed by atoms with Crippen molar-refractivity contribution in [2.45, 2.75) is 6.92 Å². The summed E-state index contributed by atoms with van der Waals surface area (Å²) in [5.41, 5.74) is 0.721. The van der Waals surface area contributed by atoms with Crippen molar-refractivity contribution in [2.75, 3.05) is 19.0 Å². The Kier molecular flexibility index (Phi) is 3.81. The smallest absolute Gasteiger partial charge is 0.188 e. The SMILES string of the molecule is CCNc1ncnc(-c2sccc2Cl)c1OC. The van der Waals surface area contributed by atoms with Gasteiger partial charge in [0.1, 0.15) is 12.0 Å². The number of hydrogen-bond donors (Lipinski definition) is 1. The lowest BCUT2D eigenvalue weighted by atomic mass is 10.3. The predicted octanol–water partition coefficient (Wildman–Crippen LogP) is 3.30. The molecule has 0 radical (unpaired) electrons. The van der Waals surface area contributed by atoms with E-state index in [1.165, 1.54) is 17.7 Å². The summed E-state index contributed by atoms with van der Waals surface area (Å²) < 4.78 is 5.37. The largest absolute Gasteiger partial charge is 0.491 e. The summed E-state index contributed by atoms with van der Waals surface area (Å²) in [6.45, 7) is 2.77. The van der Waals surface area contributed by atoms with Crippen LogP contribution in [0.1, 0.15) is 6.92 Å². The molecule has 17 heavy (non-hydrogen) atoms. The molecule has 0 unspecified atom stereocenters. The molecule has 4 nitrogen and oxygen atoms in total. The number of nitrogens with zero attached hydrogens (tertiary/aromatic N) is 2. The van der Waals surface area contributed by atoms with E-state index in [1.54, 1.807) is 7.11 Å². The standard InChI is InChI=1S/C11H12ClN3OS/c1-3-13-11-9(16-2)8(14-6-15-11)10-7(12)4-5-17-10/h4-6H,3H2,1-2H3,(H,13,14,15). The maximum Gasteiger partial charge on any atom is 0.188 e. The summed E-state index contributed by atoms with van der Waals surface area (Å²) >= 11 is 7.64. The number of anilines is 1. The van der Waals surface area contributed by atoms with E-state index in [-0.39, 0.29) is 0 Å². The van der Waals surface area contributed by atoms with Crippen molar-refractivity contribution in [3.63, 3.8) is 0 Å². The van der Waals surface area contributed by atoms with Gasteiger partial charge in [0, 0.05) is 6.54 Å². The maximum atomic E-state index is 6.11. The van der Waals surface area contributed by atoms with Crippen LogP contribution in [0.5, 0.6) is 5.75 Å². The van der Waals surface area contributed by atoms with E-state index in [0.717, 1.165) is 17.1 Å². The van der Waals surface area contributed by atoms with Gasteiger partial charge >= 0.3 is 0 Å². The van der Waals surface area contributed by atoms with Crippen LogP contribution in [-0.4, -0.2) is 23.6 Å². The van der Waals surface area contributed by atoms with Gasteiger partial charge in [-0.25, -0.2) is 9.97 Å². The van der Waals surface area contributed by atoms with Gasteiger partial charge in [0.15, 0.2) is 11.6 Å². The van der Waals surface area contributed by atoms with E-state index in [9.17, 15) is 0 Å². The molecule has 2 rings (SSSR count). The highest BCUT2D eigenvalue weighted by Gasteiger charge is 2.16. The number of hydrogen-bond acceptors (Lipinski definition) is 5. The number of halogens is 1. The molecular formula is C11H12ClN3OS. The number of ether oxygens (including phenoxy) is 1. The molecule has 2 heterocycles. The average molecular weight is 270 g/mol. The third kappa shape index (κ3) is 2.35. The molecule has 0 saturated heterocycles. The minimum atomic E-state index is 0.624. The lowest BCUT2D eigenvalue weighted by molar-refractivity contribution is 0.415. The van der Waals surface area contributed by atoms with E-state index in [1.807, 2.05) is 18.4 Å². The second-order valence-corrected chi connectivity index (χ2v) is 4.56. The van der Waals surface area contributed by atoms with E-state index in [4.69, 9.17) is 16.3 Å². The van der Waals surface area contributed by atoms with Gasteiger partial charge in [0.2, 0.25) is 0 Å². The van der Waals surface area contributed by atoms with E-state index in [2.05, 4.69) is 15.3 Å². The van der Waals surface area contributed by atoms with Gasteiger partial charge in [-0.1, -0.05) is 11.6 Å². The summed E-state index contributed by atoms with van der Waals surface area (Å²) in [4.78, 5) is 9.29. The van der Waals surface area contributed by atoms with Crippen molar-refractivity contribution in [2.24, 2.45) is 0 Å². The highest BCUT2D eigenvalue weighted by atomic mass is 35.5. The zero-order valence-corrected chi connectivity index (χ0v) is 11.1.